The highest BCUT2D eigenvalue weighted by atomic mass is 32.2. The molecule has 1 fully saturated rings. The fourth-order valence-corrected chi connectivity index (χ4v) is 5.58. The Morgan fingerprint density at radius 3 is 2.47 bits per heavy atom. The zero-order valence-corrected chi connectivity index (χ0v) is 18.8. The molecule has 8 heteroatoms. The maximum absolute atomic E-state index is 13.2. The fourth-order valence-electron chi connectivity index (χ4n) is 4.01. The lowest BCUT2D eigenvalue weighted by molar-refractivity contribution is -0.114. The number of aryl methyl sites for hydroxylation is 2. The van der Waals surface area contributed by atoms with Crippen molar-refractivity contribution >= 4 is 21.8 Å². The predicted molar refractivity (Wildman–Crippen MR) is 117 cm³/mol. The monoisotopic (exact) mass is 433 g/mol. The van der Waals surface area contributed by atoms with Crippen molar-refractivity contribution in [1.82, 2.24) is 9.88 Å². The first-order valence-electron chi connectivity index (χ1n) is 10.7. The number of carbonyl (C=O) groups is 1. The summed E-state index contributed by atoms with van der Waals surface area (Å²) in [6, 6.07) is 5.24. The second-order valence-electron chi connectivity index (χ2n) is 8.01. The molecule has 2 N–H and O–H groups in total. The topological polar surface area (TPSA) is 101 Å². The van der Waals surface area contributed by atoms with E-state index in [9.17, 15) is 13.2 Å². The summed E-state index contributed by atoms with van der Waals surface area (Å²) < 4.78 is 34.7. The molecule has 1 aromatic heterocycles. The van der Waals surface area contributed by atoms with E-state index in [-0.39, 0.29) is 22.7 Å². The van der Waals surface area contributed by atoms with E-state index < -0.39 is 10.0 Å². The SMILES string of the molecule is CCc1noc(NC(C)=O)c1-c1ccc(C)c(S(=O)(=O)NC2CCCCCCC2)c1. The first-order valence-corrected chi connectivity index (χ1v) is 12.2. The van der Waals surface area contributed by atoms with Gasteiger partial charge in [0.15, 0.2) is 0 Å². The van der Waals surface area contributed by atoms with Crippen LogP contribution in [0.15, 0.2) is 27.6 Å². The van der Waals surface area contributed by atoms with E-state index in [1.54, 1.807) is 19.1 Å². The minimum absolute atomic E-state index is 0.0323. The van der Waals surface area contributed by atoms with Gasteiger partial charge in [-0.25, -0.2) is 13.1 Å². The molecule has 7 nitrogen and oxygen atoms in total. The van der Waals surface area contributed by atoms with Gasteiger partial charge in [-0.2, -0.15) is 0 Å². The van der Waals surface area contributed by atoms with Crippen molar-refractivity contribution in [2.75, 3.05) is 5.32 Å². The quantitative estimate of drug-likeness (QED) is 0.695. The second-order valence-corrected chi connectivity index (χ2v) is 9.69. The highest BCUT2D eigenvalue weighted by Crippen LogP contribution is 2.34. The average Bonchev–Trinajstić information content (AvgIpc) is 3.06. The number of aromatic nitrogens is 1. The minimum atomic E-state index is -3.68. The van der Waals surface area contributed by atoms with Crippen LogP contribution in [0, 0.1) is 6.92 Å². The number of amides is 1. The molecule has 0 radical (unpaired) electrons. The van der Waals surface area contributed by atoms with Crippen LogP contribution < -0.4 is 10.0 Å². The molecule has 1 aliphatic rings. The molecular formula is C22H31N3O4S. The summed E-state index contributed by atoms with van der Waals surface area (Å²) in [4.78, 5) is 11.8. The number of hydrogen-bond acceptors (Lipinski definition) is 5. The Labute approximate surface area is 178 Å². The number of benzene rings is 1. The Morgan fingerprint density at radius 2 is 1.83 bits per heavy atom. The number of nitrogens with zero attached hydrogens (tertiary/aromatic N) is 1. The molecule has 0 bridgehead atoms. The lowest BCUT2D eigenvalue weighted by Crippen LogP contribution is -2.35. The Hall–Kier alpha value is -2.19. The van der Waals surface area contributed by atoms with Crippen LogP contribution in [0.3, 0.4) is 0 Å². The number of hydrogen-bond donors (Lipinski definition) is 2. The van der Waals surface area contributed by atoms with Crippen molar-refractivity contribution in [3.63, 3.8) is 0 Å². The largest absolute Gasteiger partial charge is 0.337 e. The van der Waals surface area contributed by atoms with E-state index in [0.717, 1.165) is 38.5 Å². The van der Waals surface area contributed by atoms with E-state index in [0.29, 0.717) is 28.8 Å². The predicted octanol–water partition coefficient (Wildman–Crippen LogP) is 4.56. The zero-order chi connectivity index (χ0) is 21.7. The molecule has 2 aromatic rings. The van der Waals surface area contributed by atoms with Gasteiger partial charge in [0.2, 0.25) is 21.8 Å². The number of nitrogens with one attached hydrogen (secondary N) is 2. The van der Waals surface area contributed by atoms with Crippen LogP contribution in [0.5, 0.6) is 0 Å². The average molecular weight is 434 g/mol. The molecule has 164 valence electrons. The van der Waals surface area contributed by atoms with Gasteiger partial charge in [-0.15, -0.1) is 0 Å². The number of rotatable bonds is 6. The standard InChI is InChI=1S/C22H31N3O4S/c1-4-19-21(22(29-24-19)23-16(3)26)17-13-12-15(2)20(14-17)30(27,28)25-18-10-8-6-5-7-9-11-18/h12-14,18,25H,4-11H2,1-3H3,(H,23,26). The number of anilines is 1. The van der Waals surface area contributed by atoms with Crippen LogP contribution in [-0.2, 0) is 21.2 Å². The fraction of sp³-hybridized carbons (Fsp3) is 0.545. The van der Waals surface area contributed by atoms with Gasteiger partial charge in [0.25, 0.3) is 0 Å². The maximum Gasteiger partial charge on any atom is 0.241 e. The summed E-state index contributed by atoms with van der Waals surface area (Å²) in [5.41, 5.74) is 2.61. The Balaban J connectivity index is 1.95. The van der Waals surface area contributed by atoms with E-state index in [1.807, 2.05) is 13.0 Å². The lowest BCUT2D eigenvalue weighted by atomic mass is 9.97. The molecule has 0 atom stereocenters. The zero-order valence-electron chi connectivity index (χ0n) is 18.0. The third kappa shape index (κ3) is 5.29. The maximum atomic E-state index is 13.2. The van der Waals surface area contributed by atoms with E-state index >= 15 is 0 Å². The molecule has 1 amide bonds. The van der Waals surface area contributed by atoms with Crippen LogP contribution in [0.4, 0.5) is 5.88 Å². The van der Waals surface area contributed by atoms with Crippen molar-refractivity contribution in [3.05, 3.63) is 29.5 Å². The van der Waals surface area contributed by atoms with Crippen molar-refractivity contribution in [1.29, 1.82) is 0 Å². The van der Waals surface area contributed by atoms with Crippen molar-refractivity contribution in [2.24, 2.45) is 0 Å². The third-order valence-electron chi connectivity index (χ3n) is 5.58. The molecule has 1 heterocycles. The molecule has 1 saturated carbocycles. The van der Waals surface area contributed by atoms with Crippen molar-refractivity contribution < 1.29 is 17.7 Å². The molecule has 0 unspecified atom stereocenters. The summed E-state index contributed by atoms with van der Waals surface area (Å²) in [5, 5.41) is 6.68. The molecule has 0 aliphatic heterocycles. The van der Waals surface area contributed by atoms with Crippen LogP contribution in [0.2, 0.25) is 0 Å². The highest BCUT2D eigenvalue weighted by Gasteiger charge is 2.25. The van der Waals surface area contributed by atoms with Crippen molar-refractivity contribution in [3.8, 4) is 11.1 Å². The molecule has 3 rings (SSSR count). The minimum Gasteiger partial charge on any atom is -0.337 e. The van der Waals surface area contributed by atoms with E-state index in [1.165, 1.54) is 13.3 Å². The normalized spacial score (nSPS) is 16.1. The summed E-state index contributed by atoms with van der Waals surface area (Å²) in [6.45, 7) is 5.11. The number of carbonyl (C=O) groups excluding carboxylic acids is 1. The van der Waals surface area contributed by atoms with Crippen molar-refractivity contribution in [2.45, 2.75) is 83.1 Å². The van der Waals surface area contributed by atoms with Gasteiger partial charge in [0.05, 0.1) is 16.2 Å². The van der Waals surface area contributed by atoms with E-state index in [4.69, 9.17) is 4.52 Å². The third-order valence-corrected chi connectivity index (χ3v) is 7.24. The van der Waals surface area contributed by atoms with Gasteiger partial charge in [0, 0.05) is 13.0 Å². The Morgan fingerprint density at radius 1 is 1.17 bits per heavy atom. The van der Waals surface area contributed by atoms with Gasteiger partial charge in [-0.1, -0.05) is 56.3 Å². The molecule has 30 heavy (non-hydrogen) atoms. The second kappa shape index (κ2) is 9.75. The molecule has 1 aromatic carbocycles. The summed E-state index contributed by atoms with van der Waals surface area (Å²) in [7, 11) is -3.68. The van der Waals surface area contributed by atoms with Gasteiger partial charge in [0.1, 0.15) is 0 Å². The first kappa shape index (κ1) is 22.5. The van der Waals surface area contributed by atoms with Gasteiger partial charge in [-0.3, -0.25) is 10.1 Å². The number of sulfonamides is 1. The van der Waals surface area contributed by atoms with Gasteiger partial charge < -0.3 is 4.52 Å². The highest BCUT2D eigenvalue weighted by molar-refractivity contribution is 7.89. The molecule has 1 aliphatic carbocycles. The summed E-state index contributed by atoms with van der Waals surface area (Å²) in [6.07, 6.45) is 7.98. The van der Waals surface area contributed by atoms with Gasteiger partial charge >= 0.3 is 0 Å². The Bertz CT molecular complexity index is 990. The van der Waals surface area contributed by atoms with Gasteiger partial charge in [-0.05, 0) is 43.4 Å². The van der Waals surface area contributed by atoms with E-state index in [2.05, 4.69) is 15.2 Å². The van der Waals surface area contributed by atoms with Crippen LogP contribution in [0.1, 0.15) is 70.1 Å². The smallest absolute Gasteiger partial charge is 0.241 e. The molecule has 0 spiro atoms. The summed E-state index contributed by atoms with van der Waals surface area (Å²) >= 11 is 0. The summed E-state index contributed by atoms with van der Waals surface area (Å²) in [5.74, 6) is -0.0412. The molecular weight excluding hydrogens is 402 g/mol. The lowest BCUT2D eigenvalue weighted by Gasteiger charge is -2.21. The van der Waals surface area contributed by atoms with Crippen LogP contribution >= 0.6 is 0 Å². The first-order chi connectivity index (χ1) is 14.3. The van der Waals surface area contributed by atoms with Crippen LogP contribution in [0.25, 0.3) is 11.1 Å². The van der Waals surface area contributed by atoms with Crippen LogP contribution in [-0.4, -0.2) is 25.5 Å². The Kier molecular flexibility index (Phi) is 7.31. The molecule has 0 saturated heterocycles.